The molecule has 8 heteroatoms. The molecule has 0 atom stereocenters. The summed E-state index contributed by atoms with van der Waals surface area (Å²) in [5, 5.41) is 23.2. The topological polar surface area (TPSA) is 81.1 Å². The largest absolute Gasteiger partial charge is 0.507 e. The van der Waals surface area contributed by atoms with Crippen molar-refractivity contribution in [2.75, 3.05) is 13.1 Å². The number of aromatic hydroxyl groups is 2. The average Bonchev–Trinajstić information content (AvgIpc) is 3.15. The first-order chi connectivity index (χ1) is 12.5. The Morgan fingerprint density at radius 3 is 1.65 bits per heavy atom. The fourth-order valence-corrected chi connectivity index (χ4v) is 5.43. The SMILES string of the molecule is CCCCN1C(=O)C(=C2Sc3c(O)ccc(O)c3S2)C(=O)N1CCCC. The number of phenols is 2. The number of carbonyl (C=O) groups excluding carboxylic acids is 2. The Kier molecular flexibility index (Phi) is 5.72. The summed E-state index contributed by atoms with van der Waals surface area (Å²) in [5.74, 6) is -0.508. The van der Waals surface area contributed by atoms with E-state index in [4.69, 9.17) is 0 Å². The van der Waals surface area contributed by atoms with Crippen LogP contribution >= 0.6 is 23.5 Å². The number of carbonyl (C=O) groups is 2. The predicted molar refractivity (Wildman–Crippen MR) is 102 cm³/mol. The molecule has 2 amide bonds. The first-order valence-corrected chi connectivity index (χ1v) is 10.4. The summed E-state index contributed by atoms with van der Waals surface area (Å²) in [7, 11) is 0. The van der Waals surface area contributed by atoms with Crippen molar-refractivity contribution in [1.29, 1.82) is 0 Å². The van der Waals surface area contributed by atoms with Gasteiger partial charge in [-0.1, -0.05) is 50.2 Å². The Morgan fingerprint density at radius 2 is 1.27 bits per heavy atom. The number of rotatable bonds is 6. The summed E-state index contributed by atoms with van der Waals surface area (Å²) < 4.78 is 0.521. The average molecular weight is 395 g/mol. The predicted octanol–water partition coefficient (Wildman–Crippen LogP) is 3.69. The standard InChI is InChI=1S/C18H22N2O4S2/c1-3-5-9-19-16(23)13(17(24)20(19)10-6-4-2)18-25-14-11(21)7-8-12(22)15(14)26-18/h7-8,21-22H,3-6,9-10H2,1-2H3. The maximum Gasteiger partial charge on any atom is 0.279 e. The quantitative estimate of drug-likeness (QED) is 0.435. The Hall–Kier alpha value is -1.80. The van der Waals surface area contributed by atoms with E-state index in [0.717, 1.165) is 25.7 Å². The van der Waals surface area contributed by atoms with E-state index in [1.165, 1.54) is 35.7 Å². The second-order valence-electron chi connectivity index (χ2n) is 6.19. The van der Waals surface area contributed by atoms with Crippen molar-refractivity contribution in [3.63, 3.8) is 0 Å². The summed E-state index contributed by atoms with van der Waals surface area (Å²) in [4.78, 5) is 26.9. The third-order valence-electron chi connectivity index (χ3n) is 4.30. The highest BCUT2D eigenvalue weighted by Gasteiger charge is 2.44. The minimum atomic E-state index is -0.290. The van der Waals surface area contributed by atoms with Crippen molar-refractivity contribution >= 4 is 35.3 Å². The third kappa shape index (κ3) is 3.27. The van der Waals surface area contributed by atoms with Crippen LogP contribution in [0.4, 0.5) is 0 Å². The van der Waals surface area contributed by atoms with Crippen molar-refractivity contribution in [3.05, 3.63) is 21.9 Å². The number of hydrazine groups is 1. The second-order valence-corrected chi connectivity index (χ2v) is 8.49. The molecule has 2 heterocycles. The van der Waals surface area contributed by atoms with E-state index in [0.29, 0.717) is 27.1 Å². The molecule has 2 aliphatic rings. The first-order valence-electron chi connectivity index (χ1n) is 8.78. The van der Waals surface area contributed by atoms with Crippen LogP contribution in [-0.4, -0.2) is 45.1 Å². The van der Waals surface area contributed by atoms with E-state index in [1.807, 2.05) is 13.8 Å². The Bertz CT molecular complexity index is 718. The van der Waals surface area contributed by atoms with Crippen molar-refractivity contribution in [1.82, 2.24) is 10.0 Å². The van der Waals surface area contributed by atoms with Crippen LogP contribution in [0.3, 0.4) is 0 Å². The fraction of sp³-hybridized carbons (Fsp3) is 0.444. The van der Waals surface area contributed by atoms with Gasteiger partial charge in [-0.25, -0.2) is 10.0 Å². The summed E-state index contributed by atoms with van der Waals surface area (Å²) in [5.41, 5.74) is 0.141. The maximum absolute atomic E-state index is 13.0. The molecule has 26 heavy (non-hydrogen) atoms. The van der Waals surface area contributed by atoms with Gasteiger partial charge in [-0.3, -0.25) is 9.59 Å². The third-order valence-corrected chi connectivity index (χ3v) is 6.94. The van der Waals surface area contributed by atoms with Gasteiger partial charge in [0.05, 0.1) is 14.0 Å². The molecule has 0 aromatic heterocycles. The molecule has 0 bridgehead atoms. The van der Waals surface area contributed by atoms with Gasteiger partial charge in [0.2, 0.25) is 0 Å². The van der Waals surface area contributed by atoms with Gasteiger partial charge in [0.25, 0.3) is 11.8 Å². The lowest BCUT2D eigenvalue weighted by atomic mass is 10.3. The maximum atomic E-state index is 13.0. The van der Waals surface area contributed by atoms with Crippen molar-refractivity contribution < 1.29 is 19.8 Å². The molecular formula is C18H22N2O4S2. The number of hydrogen-bond donors (Lipinski definition) is 2. The fourth-order valence-electron chi connectivity index (χ4n) is 2.85. The Morgan fingerprint density at radius 1 is 0.846 bits per heavy atom. The molecule has 0 aliphatic carbocycles. The highest BCUT2D eigenvalue weighted by atomic mass is 32.2. The molecule has 2 aliphatic heterocycles. The van der Waals surface area contributed by atoms with Gasteiger partial charge in [-0.2, -0.15) is 0 Å². The Labute approximate surface area is 161 Å². The van der Waals surface area contributed by atoms with Crippen LogP contribution < -0.4 is 0 Å². The lowest BCUT2D eigenvalue weighted by Gasteiger charge is -2.27. The van der Waals surface area contributed by atoms with E-state index in [-0.39, 0.29) is 28.9 Å². The summed E-state index contributed by atoms with van der Waals surface area (Å²) in [6, 6.07) is 2.82. The molecule has 0 spiro atoms. The number of unbranched alkanes of at least 4 members (excludes halogenated alkanes) is 2. The van der Waals surface area contributed by atoms with E-state index in [9.17, 15) is 19.8 Å². The van der Waals surface area contributed by atoms with Gasteiger partial charge >= 0.3 is 0 Å². The number of amides is 2. The molecular weight excluding hydrogens is 372 g/mol. The van der Waals surface area contributed by atoms with E-state index in [2.05, 4.69) is 0 Å². The van der Waals surface area contributed by atoms with Crippen LogP contribution in [0, 0.1) is 0 Å². The van der Waals surface area contributed by atoms with Crippen molar-refractivity contribution in [3.8, 4) is 11.5 Å². The van der Waals surface area contributed by atoms with E-state index in [1.54, 1.807) is 10.0 Å². The lowest BCUT2D eigenvalue weighted by molar-refractivity contribution is -0.147. The molecule has 1 aromatic rings. The normalized spacial score (nSPS) is 16.8. The molecule has 140 valence electrons. The van der Waals surface area contributed by atoms with Crippen LogP contribution in [0.15, 0.2) is 31.7 Å². The number of thioether (sulfide) groups is 2. The summed E-state index contributed by atoms with van der Waals surface area (Å²) >= 11 is 2.34. The van der Waals surface area contributed by atoms with Gasteiger partial charge in [-0.15, -0.1) is 0 Å². The monoisotopic (exact) mass is 394 g/mol. The smallest absolute Gasteiger partial charge is 0.279 e. The highest BCUT2D eigenvalue weighted by Crippen LogP contribution is 2.58. The van der Waals surface area contributed by atoms with E-state index >= 15 is 0 Å². The van der Waals surface area contributed by atoms with Crippen LogP contribution in [0.2, 0.25) is 0 Å². The number of nitrogens with zero attached hydrogens (tertiary/aromatic N) is 2. The molecule has 6 nitrogen and oxygen atoms in total. The van der Waals surface area contributed by atoms with Gasteiger partial charge < -0.3 is 10.2 Å². The van der Waals surface area contributed by atoms with Crippen molar-refractivity contribution in [2.24, 2.45) is 0 Å². The summed E-state index contributed by atoms with van der Waals surface area (Å²) in [6.07, 6.45) is 3.52. The minimum Gasteiger partial charge on any atom is -0.507 e. The summed E-state index contributed by atoms with van der Waals surface area (Å²) in [6.45, 7) is 5.12. The number of fused-ring (bicyclic) bond motifs is 1. The number of benzene rings is 1. The minimum absolute atomic E-state index is 0.0365. The molecule has 0 unspecified atom stereocenters. The van der Waals surface area contributed by atoms with Gasteiger partial charge in [0, 0.05) is 13.1 Å². The number of hydrogen-bond acceptors (Lipinski definition) is 6. The first kappa shape index (κ1) is 19.0. The molecule has 2 N–H and O–H groups in total. The molecule has 1 aromatic carbocycles. The molecule has 3 rings (SSSR count). The highest BCUT2D eigenvalue weighted by molar-refractivity contribution is 8.25. The zero-order chi connectivity index (χ0) is 18.8. The Balaban J connectivity index is 1.96. The van der Waals surface area contributed by atoms with E-state index < -0.39 is 0 Å². The zero-order valence-electron chi connectivity index (χ0n) is 14.8. The van der Waals surface area contributed by atoms with Gasteiger partial charge in [-0.05, 0) is 25.0 Å². The molecule has 0 radical (unpaired) electrons. The van der Waals surface area contributed by atoms with Gasteiger partial charge in [0.1, 0.15) is 17.1 Å². The molecule has 0 saturated carbocycles. The van der Waals surface area contributed by atoms with Crippen LogP contribution in [0.25, 0.3) is 0 Å². The van der Waals surface area contributed by atoms with Crippen LogP contribution in [0.5, 0.6) is 11.5 Å². The van der Waals surface area contributed by atoms with Crippen molar-refractivity contribution in [2.45, 2.75) is 49.3 Å². The van der Waals surface area contributed by atoms with Crippen LogP contribution in [-0.2, 0) is 9.59 Å². The molecule has 1 fully saturated rings. The zero-order valence-corrected chi connectivity index (χ0v) is 16.5. The molecule has 1 saturated heterocycles. The number of phenolic OH excluding ortho intramolecular Hbond substituents is 2. The van der Waals surface area contributed by atoms with Crippen LogP contribution in [0.1, 0.15) is 39.5 Å². The second kappa shape index (κ2) is 7.84. The lowest BCUT2D eigenvalue weighted by Crippen LogP contribution is -2.42. The van der Waals surface area contributed by atoms with Gasteiger partial charge in [0.15, 0.2) is 0 Å².